The van der Waals surface area contributed by atoms with E-state index in [1.54, 1.807) is 0 Å². The van der Waals surface area contributed by atoms with Gasteiger partial charge in [-0.15, -0.1) is 0 Å². The predicted octanol–water partition coefficient (Wildman–Crippen LogP) is 8.31. The van der Waals surface area contributed by atoms with E-state index in [1.165, 1.54) is 81.8 Å². The molecule has 1 heteroatoms. The molecule has 0 amide bonds. The molecular formula is C28H38N. The van der Waals surface area contributed by atoms with Gasteiger partial charge in [-0.3, -0.25) is 4.98 Å². The molecule has 1 aromatic heterocycles. The number of aromatic nitrogens is 1. The molecule has 0 aliphatic heterocycles. The monoisotopic (exact) mass is 388 g/mol. The number of hydrogen-bond donors (Lipinski definition) is 0. The molecule has 1 heterocycles. The average molecular weight is 389 g/mol. The van der Waals surface area contributed by atoms with Gasteiger partial charge in [0, 0.05) is 11.8 Å². The second-order valence-electron chi connectivity index (χ2n) is 9.64. The fraction of sp³-hybridized carbons (Fsp3) is 0.607. The van der Waals surface area contributed by atoms with E-state index in [4.69, 9.17) is 4.98 Å². The van der Waals surface area contributed by atoms with E-state index in [2.05, 4.69) is 56.4 Å². The summed E-state index contributed by atoms with van der Waals surface area (Å²) in [7, 11) is 0. The van der Waals surface area contributed by atoms with E-state index >= 15 is 0 Å². The van der Waals surface area contributed by atoms with Crippen molar-refractivity contribution < 1.29 is 0 Å². The van der Waals surface area contributed by atoms with Crippen molar-refractivity contribution in [1.29, 1.82) is 0 Å². The molecule has 0 spiro atoms. The van der Waals surface area contributed by atoms with Gasteiger partial charge in [0.1, 0.15) is 0 Å². The van der Waals surface area contributed by atoms with Crippen LogP contribution in [0, 0.1) is 17.9 Å². The van der Waals surface area contributed by atoms with Gasteiger partial charge in [-0.25, -0.2) is 0 Å². The Morgan fingerprint density at radius 1 is 0.793 bits per heavy atom. The molecule has 2 saturated carbocycles. The first-order chi connectivity index (χ1) is 14.3. The van der Waals surface area contributed by atoms with Gasteiger partial charge < -0.3 is 0 Å². The smallest absolute Gasteiger partial charge is 0.0708 e. The predicted molar refractivity (Wildman–Crippen MR) is 123 cm³/mol. The minimum absolute atomic E-state index is 0.716. The van der Waals surface area contributed by atoms with Gasteiger partial charge in [-0.2, -0.15) is 0 Å². The molecule has 4 rings (SSSR count). The van der Waals surface area contributed by atoms with Crippen molar-refractivity contribution in [2.45, 2.75) is 96.3 Å². The van der Waals surface area contributed by atoms with Crippen LogP contribution in [0.2, 0.25) is 0 Å². The molecule has 2 aliphatic rings. The third-order valence-electron chi connectivity index (χ3n) is 7.81. The third kappa shape index (κ3) is 5.11. The molecule has 155 valence electrons. The van der Waals surface area contributed by atoms with Crippen LogP contribution in [0.15, 0.2) is 36.5 Å². The van der Waals surface area contributed by atoms with Crippen molar-refractivity contribution in [3.8, 4) is 11.3 Å². The zero-order chi connectivity index (χ0) is 20.1. The van der Waals surface area contributed by atoms with Crippen LogP contribution in [0.3, 0.4) is 0 Å². The molecule has 2 aromatic rings. The lowest BCUT2D eigenvalue weighted by molar-refractivity contribution is 0.308. The molecular weight excluding hydrogens is 350 g/mol. The van der Waals surface area contributed by atoms with Crippen LogP contribution in [0.4, 0.5) is 0 Å². The summed E-state index contributed by atoms with van der Waals surface area (Å²) in [5, 5.41) is 0. The Labute approximate surface area is 178 Å². The third-order valence-corrected chi connectivity index (χ3v) is 7.81. The number of hydrogen-bond acceptors (Lipinski definition) is 1. The molecule has 2 fully saturated rings. The Morgan fingerprint density at radius 2 is 1.45 bits per heavy atom. The molecule has 0 bridgehead atoms. The molecule has 1 aromatic carbocycles. The summed E-state index contributed by atoms with van der Waals surface area (Å²) in [6.07, 6.45) is 17.2. The lowest BCUT2D eigenvalue weighted by atomic mass is 9.77. The maximum Gasteiger partial charge on any atom is 0.0708 e. The van der Waals surface area contributed by atoms with Gasteiger partial charge in [-0.05, 0) is 98.3 Å². The minimum atomic E-state index is 0.716. The quantitative estimate of drug-likeness (QED) is 0.485. The van der Waals surface area contributed by atoms with Crippen LogP contribution < -0.4 is 0 Å². The maximum absolute atomic E-state index is 4.80. The first-order valence-corrected chi connectivity index (χ1v) is 12.2. The average Bonchev–Trinajstić information content (AvgIpc) is 2.80. The molecule has 0 atom stereocenters. The largest absolute Gasteiger partial charge is 0.256 e. The highest BCUT2D eigenvalue weighted by molar-refractivity contribution is 5.59. The van der Waals surface area contributed by atoms with Crippen LogP contribution >= 0.6 is 0 Å². The zero-order valence-electron chi connectivity index (χ0n) is 18.5. The lowest BCUT2D eigenvalue weighted by Gasteiger charge is -2.28. The Balaban J connectivity index is 1.36. The van der Waals surface area contributed by atoms with E-state index in [0.29, 0.717) is 5.92 Å². The molecule has 0 unspecified atom stereocenters. The Hall–Kier alpha value is -1.63. The van der Waals surface area contributed by atoms with Gasteiger partial charge in [0.25, 0.3) is 0 Å². The van der Waals surface area contributed by atoms with Crippen LogP contribution in [0.25, 0.3) is 11.3 Å². The van der Waals surface area contributed by atoms with Crippen LogP contribution in [0.5, 0.6) is 0 Å². The Bertz CT molecular complexity index is 729. The van der Waals surface area contributed by atoms with Crippen LogP contribution in [-0.2, 0) is 0 Å². The van der Waals surface area contributed by atoms with Gasteiger partial charge in [0.2, 0.25) is 0 Å². The van der Waals surface area contributed by atoms with Crippen molar-refractivity contribution in [2.75, 3.05) is 0 Å². The SMILES string of the molecule is CCCC1CCC(c2c[c]c(-c3ccc(C4CCC(CC)CC4)cn3)cc2)CC1. The van der Waals surface area contributed by atoms with E-state index in [9.17, 15) is 0 Å². The molecule has 0 N–H and O–H groups in total. The van der Waals surface area contributed by atoms with Crippen LogP contribution in [-0.4, -0.2) is 4.98 Å². The molecule has 1 nitrogen and oxygen atoms in total. The first-order valence-electron chi connectivity index (χ1n) is 12.2. The Morgan fingerprint density at radius 3 is 2.00 bits per heavy atom. The van der Waals surface area contributed by atoms with Gasteiger partial charge in [0.15, 0.2) is 0 Å². The normalized spacial score (nSPS) is 27.7. The van der Waals surface area contributed by atoms with Crippen molar-refractivity contribution in [1.82, 2.24) is 4.98 Å². The lowest BCUT2D eigenvalue weighted by Crippen LogP contribution is -2.13. The number of benzene rings is 1. The van der Waals surface area contributed by atoms with E-state index in [0.717, 1.165) is 29.0 Å². The topological polar surface area (TPSA) is 12.9 Å². The summed E-state index contributed by atoms with van der Waals surface area (Å²) in [6.45, 7) is 4.65. The van der Waals surface area contributed by atoms with E-state index in [-0.39, 0.29) is 0 Å². The summed E-state index contributed by atoms with van der Waals surface area (Å²) in [6, 6.07) is 14.9. The van der Waals surface area contributed by atoms with Crippen molar-refractivity contribution in [2.24, 2.45) is 11.8 Å². The van der Waals surface area contributed by atoms with Crippen LogP contribution in [0.1, 0.15) is 107 Å². The summed E-state index contributed by atoms with van der Waals surface area (Å²) >= 11 is 0. The first kappa shape index (κ1) is 20.6. The molecule has 0 saturated heterocycles. The maximum atomic E-state index is 4.80. The number of rotatable bonds is 6. The fourth-order valence-corrected chi connectivity index (χ4v) is 5.75. The minimum Gasteiger partial charge on any atom is -0.256 e. The second-order valence-corrected chi connectivity index (χ2v) is 9.64. The van der Waals surface area contributed by atoms with E-state index < -0.39 is 0 Å². The molecule has 2 aliphatic carbocycles. The van der Waals surface area contributed by atoms with Crippen molar-refractivity contribution >= 4 is 0 Å². The van der Waals surface area contributed by atoms with Gasteiger partial charge in [-0.1, -0.05) is 57.4 Å². The Kier molecular flexibility index (Phi) is 7.06. The zero-order valence-corrected chi connectivity index (χ0v) is 18.5. The molecule has 1 radical (unpaired) electrons. The summed E-state index contributed by atoms with van der Waals surface area (Å²) in [5.41, 5.74) is 5.11. The summed E-state index contributed by atoms with van der Waals surface area (Å²) in [5.74, 6) is 3.38. The number of nitrogens with zero attached hydrogens (tertiary/aromatic N) is 1. The van der Waals surface area contributed by atoms with E-state index in [1.807, 2.05) is 0 Å². The standard InChI is InChI=1S/C28H38N/c1-3-5-22-8-12-23(13-9-22)24-14-16-26(17-15-24)28-19-18-27(20-29-28)25-10-6-21(4-2)7-11-25/h14-16,18-23,25H,3-13H2,1-2H3. The highest BCUT2D eigenvalue weighted by Crippen LogP contribution is 2.39. The number of pyridine rings is 1. The second kappa shape index (κ2) is 9.92. The molecule has 29 heavy (non-hydrogen) atoms. The van der Waals surface area contributed by atoms with Gasteiger partial charge >= 0.3 is 0 Å². The highest BCUT2D eigenvalue weighted by Gasteiger charge is 2.23. The van der Waals surface area contributed by atoms with Crippen molar-refractivity contribution in [3.63, 3.8) is 0 Å². The van der Waals surface area contributed by atoms with Gasteiger partial charge in [0.05, 0.1) is 5.69 Å². The van der Waals surface area contributed by atoms with Crippen molar-refractivity contribution in [3.05, 3.63) is 53.7 Å². The highest BCUT2D eigenvalue weighted by atomic mass is 14.7. The summed E-state index contributed by atoms with van der Waals surface area (Å²) in [4.78, 5) is 4.80. The fourth-order valence-electron chi connectivity index (χ4n) is 5.75. The summed E-state index contributed by atoms with van der Waals surface area (Å²) < 4.78 is 0.